The Bertz CT molecular complexity index is 661. The molecule has 0 fully saturated rings. The number of hydrogen-bond acceptors (Lipinski definition) is 2. The molecule has 1 atom stereocenters. The number of benzene rings is 2. The molecule has 2 aromatic carbocycles. The number of halogens is 2. The van der Waals surface area contributed by atoms with Gasteiger partial charge in [-0.25, -0.2) is 0 Å². The second-order valence-corrected chi connectivity index (χ2v) is 5.72. The summed E-state index contributed by atoms with van der Waals surface area (Å²) in [6, 6.07) is 16.4. The topological polar surface area (TPSA) is 40.9 Å². The van der Waals surface area contributed by atoms with Gasteiger partial charge in [-0.2, -0.15) is 5.26 Å². The molecule has 0 aliphatic heterocycles. The minimum absolute atomic E-state index is 0.0619. The van der Waals surface area contributed by atoms with Crippen molar-refractivity contribution in [2.24, 2.45) is 0 Å². The molecule has 0 N–H and O–H groups in total. The molecule has 0 saturated carbocycles. The van der Waals surface area contributed by atoms with E-state index in [2.05, 4.69) is 22.0 Å². The van der Waals surface area contributed by atoms with Gasteiger partial charge in [0.15, 0.2) is 5.78 Å². The molecule has 0 unspecified atom stereocenters. The van der Waals surface area contributed by atoms with Gasteiger partial charge in [-0.1, -0.05) is 39.7 Å². The lowest BCUT2D eigenvalue weighted by molar-refractivity contribution is 0.0979. The third-order valence-electron chi connectivity index (χ3n) is 2.96. The number of nitriles is 1. The van der Waals surface area contributed by atoms with Crippen LogP contribution >= 0.6 is 27.5 Å². The monoisotopic (exact) mass is 347 g/mol. The van der Waals surface area contributed by atoms with Gasteiger partial charge < -0.3 is 0 Å². The zero-order chi connectivity index (χ0) is 14.5. The molecule has 0 heterocycles. The fourth-order valence-electron chi connectivity index (χ4n) is 1.90. The Labute approximate surface area is 131 Å². The van der Waals surface area contributed by atoms with Crippen LogP contribution in [0, 0.1) is 11.3 Å². The van der Waals surface area contributed by atoms with Gasteiger partial charge in [0.05, 0.1) is 12.0 Å². The van der Waals surface area contributed by atoms with E-state index in [0.717, 1.165) is 10.0 Å². The second kappa shape index (κ2) is 6.69. The van der Waals surface area contributed by atoms with Gasteiger partial charge in [0.1, 0.15) is 0 Å². The molecule has 2 nitrogen and oxygen atoms in total. The molecule has 0 bridgehead atoms. The van der Waals surface area contributed by atoms with Crippen LogP contribution < -0.4 is 0 Å². The molecule has 0 spiro atoms. The van der Waals surface area contributed by atoms with Crippen LogP contribution in [0.1, 0.15) is 28.3 Å². The highest BCUT2D eigenvalue weighted by atomic mass is 79.9. The molecule has 0 aliphatic rings. The average molecular weight is 349 g/mol. The third-order valence-corrected chi connectivity index (χ3v) is 3.71. The highest BCUT2D eigenvalue weighted by molar-refractivity contribution is 9.10. The Morgan fingerprint density at radius 2 is 1.95 bits per heavy atom. The van der Waals surface area contributed by atoms with Crippen molar-refractivity contribution in [3.8, 4) is 6.07 Å². The van der Waals surface area contributed by atoms with E-state index < -0.39 is 5.92 Å². The van der Waals surface area contributed by atoms with Crippen molar-refractivity contribution in [2.45, 2.75) is 12.3 Å². The Balaban J connectivity index is 2.17. The summed E-state index contributed by atoms with van der Waals surface area (Å²) in [5, 5.41) is 9.86. The highest BCUT2D eigenvalue weighted by Crippen LogP contribution is 2.24. The molecule has 0 radical (unpaired) electrons. The van der Waals surface area contributed by atoms with Crippen molar-refractivity contribution in [1.29, 1.82) is 5.26 Å². The first-order valence-electron chi connectivity index (χ1n) is 6.04. The maximum atomic E-state index is 12.2. The van der Waals surface area contributed by atoms with Crippen LogP contribution in [0.4, 0.5) is 0 Å². The van der Waals surface area contributed by atoms with Gasteiger partial charge in [0, 0.05) is 21.5 Å². The minimum atomic E-state index is -0.448. The van der Waals surface area contributed by atoms with E-state index in [4.69, 9.17) is 11.6 Å². The largest absolute Gasteiger partial charge is 0.294 e. The summed E-state index contributed by atoms with van der Waals surface area (Å²) >= 11 is 9.16. The van der Waals surface area contributed by atoms with Gasteiger partial charge in [0.2, 0.25) is 0 Å². The Morgan fingerprint density at radius 1 is 1.25 bits per heavy atom. The zero-order valence-electron chi connectivity index (χ0n) is 10.5. The summed E-state index contributed by atoms with van der Waals surface area (Å²) in [6.07, 6.45) is 0.161. The van der Waals surface area contributed by atoms with Crippen molar-refractivity contribution in [3.63, 3.8) is 0 Å². The van der Waals surface area contributed by atoms with Crippen LogP contribution in [0.5, 0.6) is 0 Å². The SMILES string of the molecule is N#C[C@H](CC(=O)c1ccc(Cl)cc1)c1cccc(Br)c1. The second-order valence-electron chi connectivity index (χ2n) is 4.37. The lowest BCUT2D eigenvalue weighted by atomic mass is 9.93. The summed E-state index contributed by atoms with van der Waals surface area (Å²) in [7, 11) is 0. The first-order chi connectivity index (χ1) is 9.60. The van der Waals surface area contributed by atoms with Gasteiger partial charge in [-0.3, -0.25) is 4.79 Å². The maximum Gasteiger partial charge on any atom is 0.164 e. The minimum Gasteiger partial charge on any atom is -0.294 e. The summed E-state index contributed by atoms with van der Waals surface area (Å²) in [5.41, 5.74) is 1.41. The lowest BCUT2D eigenvalue weighted by Crippen LogP contribution is -2.06. The van der Waals surface area contributed by atoms with E-state index in [0.29, 0.717) is 10.6 Å². The summed E-state index contributed by atoms with van der Waals surface area (Å²) < 4.78 is 0.897. The van der Waals surface area contributed by atoms with E-state index in [1.807, 2.05) is 24.3 Å². The Kier molecular flexibility index (Phi) is 4.94. The molecule has 0 amide bonds. The third kappa shape index (κ3) is 3.69. The highest BCUT2D eigenvalue weighted by Gasteiger charge is 2.17. The molecular weight excluding hydrogens is 338 g/mol. The lowest BCUT2D eigenvalue weighted by Gasteiger charge is -2.09. The number of carbonyl (C=O) groups excluding carboxylic acids is 1. The fraction of sp³-hybridized carbons (Fsp3) is 0.125. The number of ketones is 1. The predicted molar refractivity (Wildman–Crippen MR) is 82.9 cm³/mol. The van der Waals surface area contributed by atoms with E-state index in [1.54, 1.807) is 24.3 Å². The Hall–Kier alpha value is -1.63. The molecular formula is C16H11BrClNO. The van der Waals surface area contributed by atoms with Gasteiger partial charge >= 0.3 is 0 Å². The number of carbonyl (C=O) groups is 1. The molecule has 4 heteroatoms. The average Bonchev–Trinajstić information content (AvgIpc) is 2.45. The van der Waals surface area contributed by atoms with Crippen molar-refractivity contribution < 1.29 is 4.79 Å². The number of rotatable bonds is 4. The molecule has 0 aromatic heterocycles. The number of hydrogen-bond donors (Lipinski definition) is 0. The van der Waals surface area contributed by atoms with E-state index >= 15 is 0 Å². The zero-order valence-corrected chi connectivity index (χ0v) is 12.9. The normalized spacial score (nSPS) is 11.7. The quantitative estimate of drug-likeness (QED) is 0.731. The Morgan fingerprint density at radius 3 is 2.55 bits per heavy atom. The van der Waals surface area contributed by atoms with Crippen molar-refractivity contribution in [3.05, 3.63) is 69.2 Å². The van der Waals surface area contributed by atoms with Gasteiger partial charge in [-0.05, 0) is 42.0 Å². The first-order valence-corrected chi connectivity index (χ1v) is 7.21. The maximum absolute atomic E-state index is 12.2. The predicted octanol–water partition coefficient (Wildman–Crippen LogP) is 4.98. The van der Waals surface area contributed by atoms with Crippen LogP contribution in [-0.4, -0.2) is 5.78 Å². The molecule has 2 rings (SSSR count). The van der Waals surface area contributed by atoms with E-state index in [-0.39, 0.29) is 12.2 Å². The molecule has 20 heavy (non-hydrogen) atoms. The summed E-state index contributed by atoms with van der Waals surface area (Å²) in [5.74, 6) is -0.510. The van der Waals surface area contributed by atoms with Crippen LogP contribution in [0.3, 0.4) is 0 Å². The first kappa shape index (κ1) is 14.8. The van der Waals surface area contributed by atoms with E-state index in [1.165, 1.54) is 0 Å². The molecule has 2 aromatic rings. The number of Topliss-reactive ketones (excluding diaryl/α,β-unsaturated/α-hetero) is 1. The standard InChI is InChI=1S/C16H11BrClNO/c17-14-3-1-2-12(8-14)13(10-19)9-16(20)11-4-6-15(18)7-5-11/h1-8,13H,9H2/t13-/m0/s1. The summed E-state index contributed by atoms with van der Waals surface area (Å²) in [6.45, 7) is 0. The van der Waals surface area contributed by atoms with Crippen molar-refractivity contribution >= 4 is 33.3 Å². The fourth-order valence-corrected chi connectivity index (χ4v) is 2.44. The van der Waals surface area contributed by atoms with Crippen molar-refractivity contribution in [1.82, 2.24) is 0 Å². The molecule has 100 valence electrons. The van der Waals surface area contributed by atoms with Gasteiger partial charge in [-0.15, -0.1) is 0 Å². The van der Waals surface area contributed by atoms with Crippen LogP contribution in [-0.2, 0) is 0 Å². The van der Waals surface area contributed by atoms with Gasteiger partial charge in [0.25, 0.3) is 0 Å². The van der Waals surface area contributed by atoms with E-state index in [9.17, 15) is 10.1 Å². The number of nitrogens with zero attached hydrogens (tertiary/aromatic N) is 1. The molecule has 0 aliphatic carbocycles. The van der Waals surface area contributed by atoms with Crippen LogP contribution in [0.25, 0.3) is 0 Å². The van der Waals surface area contributed by atoms with Crippen molar-refractivity contribution in [2.75, 3.05) is 0 Å². The van der Waals surface area contributed by atoms with Crippen LogP contribution in [0.2, 0.25) is 5.02 Å². The van der Waals surface area contributed by atoms with Crippen LogP contribution in [0.15, 0.2) is 53.0 Å². The molecule has 0 saturated heterocycles. The smallest absolute Gasteiger partial charge is 0.164 e. The summed E-state index contributed by atoms with van der Waals surface area (Å²) in [4.78, 5) is 12.2.